The van der Waals surface area contributed by atoms with Crippen molar-refractivity contribution in [3.63, 3.8) is 0 Å². The fourth-order valence-electron chi connectivity index (χ4n) is 4.42. The van der Waals surface area contributed by atoms with Gasteiger partial charge in [0, 0.05) is 65.5 Å². The Labute approximate surface area is 197 Å². The lowest BCUT2D eigenvalue weighted by Crippen LogP contribution is -2.54. The number of aromatic nitrogens is 3. The molecule has 0 bridgehead atoms. The van der Waals surface area contributed by atoms with Gasteiger partial charge in [-0.05, 0) is 37.3 Å². The highest BCUT2D eigenvalue weighted by atomic mass is 16.2. The summed E-state index contributed by atoms with van der Waals surface area (Å²) in [5.74, 6) is 0.320. The minimum absolute atomic E-state index is 0.0412. The summed E-state index contributed by atoms with van der Waals surface area (Å²) in [6, 6.07) is 18.3. The van der Waals surface area contributed by atoms with Gasteiger partial charge in [-0.25, -0.2) is 0 Å². The van der Waals surface area contributed by atoms with Crippen LogP contribution < -0.4 is 10.6 Å². The molecule has 2 N–H and O–H groups in total. The largest absolute Gasteiger partial charge is 0.366 e. The van der Waals surface area contributed by atoms with E-state index in [1.165, 1.54) is 0 Å². The van der Waals surface area contributed by atoms with Crippen molar-refractivity contribution in [1.29, 1.82) is 0 Å². The van der Waals surface area contributed by atoms with Crippen LogP contribution >= 0.6 is 0 Å². The lowest BCUT2D eigenvalue weighted by atomic mass is 10.0. The Morgan fingerprint density at radius 1 is 0.912 bits per heavy atom. The molecular formula is C26H24N6O2. The number of fused-ring (bicyclic) bond motifs is 1. The van der Waals surface area contributed by atoms with E-state index in [1.54, 1.807) is 24.5 Å². The molecule has 5 rings (SSSR count). The lowest BCUT2D eigenvalue weighted by Gasteiger charge is -2.40. The number of nitrogens with zero attached hydrogens (tertiary/aromatic N) is 5. The molecule has 1 unspecified atom stereocenters. The molecule has 1 aliphatic rings. The standard InChI is InChI=1S/C26H24N6O2/c1-17-16-31(26(34)20-5-3-2-4-6-20)13-14-32(17)25-22-15-28-12-11-21(22)23(29-30-25)18-7-9-19(10-8-18)24(27)33/h2-12,15,17H,13-14,16H2,1H3,(H2,27,33). The van der Waals surface area contributed by atoms with Gasteiger partial charge < -0.3 is 15.5 Å². The van der Waals surface area contributed by atoms with Crippen molar-refractivity contribution in [1.82, 2.24) is 20.1 Å². The van der Waals surface area contributed by atoms with E-state index in [0.29, 0.717) is 36.5 Å². The first-order chi connectivity index (χ1) is 16.5. The highest BCUT2D eigenvalue weighted by Crippen LogP contribution is 2.32. The number of rotatable bonds is 4. The summed E-state index contributed by atoms with van der Waals surface area (Å²) in [6.45, 7) is 3.92. The summed E-state index contributed by atoms with van der Waals surface area (Å²) in [6.07, 6.45) is 3.53. The summed E-state index contributed by atoms with van der Waals surface area (Å²) in [4.78, 5) is 32.7. The van der Waals surface area contributed by atoms with Crippen molar-refractivity contribution in [3.8, 4) is 11.3 Å². The maximum Gasteiger partial charge on any atom is 0.253 e. The third kappa shape index (κ3) is 3.94. The maximum absolute atomic E-state index is 12.9. The Balaban J connectivity index is 1.44. The van der Waals surface area contributed by atoms with Gasteiger partial charge in [0.2, 0.25) is 5.91 Å². The topological polar surface area (TPSA) is 105 Å². The average Bonchev–Trinajstić information content (AvgIpc) is 2.88. The molecule has 1 atom stereocenters. The van der Waals surface area contributed by atoms with Gasteiger partial charge in [-0.1, -0.05) is 30.3 Å². The Morgan fingerprint density at radius 3 is 2.38 bits per heavy atom. The quantitative estimate of drug-likeness (QED) is 0.510. The highest BCUT2D eigenvalue weighted by molar-refractivity contribution is 6.00. The molecule has 1 fully saturated rings. The molecule has 0 aliphatic carbocycles. The molecule has 2 aromatic carbocycles. The maximum atomic E-state index is 12.9. The van der Waals surface area contributed by atoms with Crippen molar-refractivity contribution in [2.24, 2.45) is 5.73 Å². The molecule has 34 heavy (non-hydrogen) atoms. The van der Waals surface area contributed by atoms with Crippen LogP contribution in [0.3, 0.4) is 0 Å². The van der Waals surface area contributed by atoms with E-state index in [9.17, 15) is 9.59 Å². The second kappa shape index (κ2) is 8.90. The Bertz CT molecular complexity index is 1360. The van der Waals surface area contributed by atoms with Crippen molar-refractivity contribution in [2.75, 3.05) is 24.5 Å². The number of hydrogen-bond donors (Lipinski definition) is 1. The van der Waals surface area contributed by atoms with Gasteiger partial charge in [-0.2, -0.15) is 0 Å². The van der Waals surface area contributed by atoms with Crippen molar-refractivity contribution in [3.05, 3.63) is 84.2 Å². The number of nitrogens with two attached hydrogens (primary N) is 1. The number of carbonyl (C=O) groups excluding carboxylic acids is 2. The highest BCUT2D eigenvalue weighted by Gasteiger charge is 2.29. The molecule has 170 valence electrons. The van der Waals surface area contributed by atoms with Gasteiger partial charge >= 0.3 is 0 Å². The monoisotopic (exact) mass is 452 g/mol. The van der Waals surface area contributed by atoms with Gasteiger partial charge in [-0.15, -0.1) is 10.2 Å². The van der Waals surface area contributed by atoms with Crippen LogP contribution in [0.4, 0.5) is 5.82 Å². The summed E-state index contributed by atoms with van der Waals surface area (Å²) < 4.78 is 0. The van der Waals surface area contributed by atoms with Crippen LogP contribution in [0.15, 0.2) is 73.1 Å². The van der Waals surface area contributed by atoms with Gasteiger partial charge in [-0.3, -0.25) is 14.6 Å². The molecule has 3 heterocycles. The van der Waals surface area contributed by atoms with E-state index >= 15 is 0 Å². The molecule has 1 aliphatic heterocycles. The summed E-state index contributed by atoms with van der Waals surface area (Å²) in [5, 5.41) is 10.9. The fourth-order valence-corrected chi connectivity index (χ4v) is 4.42. The van der Waals surface area contributed by atoms with Crippen LogP contribution in [0.5, 0.6) is 0 Å². The van der Waals surface area contributed by atoms with E-state index in [4.69, 9.17) is 5.73 Å². The van der Waals surface area contributed by atoms with Crippen molar-refractivity contribution < 1.29 is 9.59 Å². The zero-order valence-electron chi connectivity index (χ0n) is 18.8. The fraction of sp³-hybridized carbons (Fsp3) is 0.192. The molecular weight excluding hydrogens is 428 g/mol. The number of piperazine rings is 1. The van der Waals surface area contributed by atoms with Gasteiger partial charge in [0.1, 0.15) is 5.69 Å². The first-order valence-corrected chi connectivity index (χ1v) is 11.1. The van der Waals surface area contributed by atoms with E-state index < -0.39 is 5.91 Å². The summed E-state index contributed by atoms with van der Waals surface area (Å²) >= 11 is 0. The summed E-state index contributed by atoms with van der Waals surface area (Å²) in [7, 11) is 0. The smallest absolute Gasteiger partial charge is 0.253 e. The van der Waals surface area contributed by atoms with Crippen LogP contribution in [0.1, 0.15) is 27.6 Å². The van der Waals surface area contributed by atoms with Crippen LogP contribution in [-0.4, -0.2) is 57.6 Å². The molecule has 0 radical (unpaired) electrons. The van der Waals surface area contributed by atoms with E-state index in [2.05, 4.69) is 27.0 Å². The number of primary amides is 1. The number of pyridine rings is 1. The molecule has 0 spiro atoms. The second-order valence-corrected chi connectivity index (χ2v) is 8.39. The third-order valence-electron chi connectivity index (χ3n) is 6.21. The lowest BCUT2D eigenvalue weighted by molar-refractivity contribution is 0.0726. The average molecular weight is 453 g/mol. The van der Waals surface area contributed by atoms with E-state index in [1.807, 2.05) is 53.4 Å². The normalized spacial score (nSPS) is 16.0. The van der Waals surface area contributed by atoms with Crippen LogP contribution in [0.2, 0.25) is 0 Å². The van der Waals surface area contributed by atoms with E-state index in [0.717, 1.165) is 22.2 Å². The van der Waals surface area contributed by atoms with E-state index in [-0.39, 0.29) is 11.9 Å². The van der Waals surface area contributed by atoms with Crippen LogP contribution in [-0.2, 0) is 0 Å². The van der Waals surface area contributed by atoms with Gasteiger partial charge in [0.15, 0.2) is 5.82 Å². The predicted molar refractivity (Wildman–Crippen MR) is 130 cm³/mol. The Hall–Kier alpha value is -4.33. The molecule has 2 aromatic heterocycles. The third-order valence-corrected chi connectivity index (χ3v) is 6.21. The predicted octanol–water partition coefficient (Wildman–Crippen LogP) is 3.14. The minimum atomic E-state index is -0.471. The zero-order valence-corrected chi connectivity index (χ0v) is 18.8. The number of benzene rings is 2. The van der Waals surface area contributed by atoms with Crippen LogP contribution in [0, 0.1) is 0 Å². The number of carbonyl (C=O) groups is 2. The Morgan fingerprint density at radius 2 is 1.68 bits per heavy atom. The Kier molecular flexibility index (Phi) is 5.63. The molecule has 2 amide bonds. The number of hydrogen-bond acceptors (Lipinski definition) is 6. The molecule has 0 saturated carbocycles. The molecule has 1 saturated heterocycles. The number of anilines is 1. The van der Waals surface area contributed by atoms with Crippen molar-refractivity contribution in [2.45, 2.75) is 13.0 Å². The zero-order chi connectivity index (χ0) is 23.7. The number of amides is 2. The van der Waals surface area contributed by atoms with Crippen LogP contribution in [0.25, 0.3) is 22.0 Å². The molecule has 4 aromatic rings. The van der Waals surface area contributed by atoms with Gasteiger partial charge in [0.25, 0.3) is 5.91 Å². The van der Waals surface area contributed by atoms with Gasteiger partial charge in [0.05, 0.1) is 0 Å². The first kappa shape index (κ1) is 21.5. The van der Waals surface area contributed by atoms with Crippen molar-refractivity contribution >= 4 is 28.4 Å². The first-order valence-electron chi connectivity index (χ1n) is 11.1. The molecule has 8 heteroatoms. The molecule has 8 nitrogen and oxygen atoms in total. The summed E-state index contributed by atoms with van der Waals surface area (Å²) in [5.41, 5.74) is 8.05. The SMILES string of the molecule is CC1CN(C(=O)c2ccccc2)CCN1c1nnc(-c2ccc(C(N)=O)cc2)c2ccncc12. The second-order valence-electron chi connectivity index (χ2n) is 8.39. The minimum Gasteiger partial charge on any atom is -0.366 e.